The van der Waals surface area contributed by atoms with Crippen LogP contribution in [0.4, 0.5) is 5.69 Å². The second kappa shape index (κ2) is 13.7. The number of amides is 2. The number of carbonyl (C=O) groups is 2. The average Bonchev–Trinajstić information content (AvgIpc) is 2.95. The van der Waals surface area contributed by atoms with Gasteiger partial charge in [0.2, 0.25) is 11.8 Å². The Kier molecular flexibility index (Phi) is 10.7. The van der Waals surface area contributed by atoms with Crippen molar-refractivity contribution in [1.29, 1.82) is 0 Å². The van der Waals surface area contributed by atoms with Gasteiger partial charge in [-0.3, -0.25) is 13.9 Å². The van der Waals surface area contributed by atoms with Gasteiger partial charge in [0.15, 0.2) is 0 Å². The smallest absolute Gasteiger partial charge is 0.264 e. The summed E-state index contributed by atoms with van der Waals surface area (Å²) in [6.45, 7) is 3.12. The number of ether oxygens (including phenoxy) is 1. The number of carbonyl (C=O) groups excluding carboxylic acids is 2. The number of rotatable bonds is 12. The zero-order valence-electron chi connectivity index (χ0n) is 22.3. The van der Waals surface area contributed by atoms with E-state index in [0.717, 1.165) is 9.20 Å². The molecule has 0 saturated carbocycles. The van der Waals surface area contributed by atoms with Crippen molar-refractivity contribution in [3.63, 3.8) is 0 Å². The molecule has 11 heteroatoms. The standard InChI is InChI=1S/C28H32ClN3O5S2/c1-5-37-26-13-9-8-12-25(26)32(39(35,36)23-16-14-22(38-4)15-17-23)19-27(33)31(20(2)28(34)30-3)18-21-10-6-7-11-24(21)29/h6-17,20H,5,18-19H2,1-4H3,(H,30,34). The number of thioether (sulfide) groups is 1. The number of anilines is 1. The van der Waals surface area contributed by atoms with Gasteiger partial charge in [0.05, 0.1) is 17.2 Å². The summed E-state index contributed by atoms with van der Waals surface area (Å²) in [6.07, 6.45) is 1.90. The summed E-state index contributed by atoms with van der Waals surface area (Å²) in [7, 11) is -2.73. The van der Waals surface area contributed by atoms with E-state index in [9.17, 15) is 18.0 Å². The van der Waals surface area contributed by atoms with Crippen molar-refractivity contribution in [1.82, 2.24) is 10.2 Å². The minimum atomic E-state index is -4.21. The molecule has 0 aromatic heterocycles. The normalized spacial score (nSPS) is 11.9. The van der Waals surface area contributed by atoms with E-state index in [-0.39, 0.29) is 17.1 Å². The molecule has 8 nitrogen and oxygen atoms in total. The van der Waals surface area contributed by atoms with E-state index in [1.54, 1.807) is 74.5 Å². The number of hydrogen-bond acceptors (Lipinski definition) is 6. The number of halogens is 1. The molecule has 1 unspecified atom stereocenters. The fourth-order valence-electron chi connectivity index (χ4n) is 3.93. The lowest BCUT2D eigenvalue weighted by Gasteiger charge is -2.32. The minimum absolute atomic E-state index is 0.0104. The Hall–Kier alpha value is -3.21. The van der Waals surface area contributed by atoms with Crippen LogP contribution in [-0.4, -0.2) is 57.6 Å². The Bertz CT molecular complexity index is 1400. The summed E-state index contributed by atoms with van der Waals surface area (Å²) in [4.78, 5) is 28.8. The maximum Gasteiger partial charge on any atom is 0.264 e. The first-order valence-electron chi connectivity index (χ1n) is 12.3. The van der Waals surface area contributed by atoms with Gasteiger partial charge in [-0.15, -0.1) is 11.8 Å². The maximum absolute atomic E-state index is 14.0. The van der Waals surface area contributed by atoms with Crippen LogP contribution in [0.1, 0.15) is 19.4 Å². The van der Waals surface area contributed by atoms with Crippen LogP contribution in [0.25, 0.3) is 0 Å². The van der Waals surface area contributed by atoms with E-state index in [1.165, 1.54) is 35.8 Å². The average molecular weight is 590 g/mol. The molecule has 0 aliphatic carbocycles. The van der Waals surface area contributed by atoms with Gasteiger partial charge in [-0.1, -0.05) is 41.9 Å². The zero-order valence-corrected chi connectivity index (χ0v) is 24.6. The number of benzene rings is 3. The van der Waals surface area contributed by atoms with Crippen molar-refractivity contribution in [2.45, 2.75) is 36.2 Å². The van der Waals surface area contributed by atoms with Crippen LogP contribution in [0, 0.1) is 0 Å². The fraction of sp³-hybridized carbons (Fsp3) is 0.286. The lowest BCUT2D eigenvalue weighted by Crippen LogP contribution is -2.50. The van der Waals surface area contributed by atoms with Gasteiger partial charge in [0, 0.05) is 23.5 Å². The van der Waals surface area contributed by atoms with E-state index in [1.807, 2.05) is 6.26 Å². The third-order valence-electron chi connectivity index (χ3n) is 6.07. The highest BCUT2D eigenvalue weighted by Gasteiger charge is 2.33. The third-order valence-corrected chi connectivity index (χ3v) is 8.96. The van der Waals surface area contributed by atoms with Gasteiger partial charge in [0.25, 0.3) is 10.0 Å². The first kappa shape index (κ1) is 30.3. The number of nitrogens with one attached hydrogen (secondary N) is 1. The van der Waals surface area contributed by atoms with Gasteiger partial charge in [-0.25, -0.2) is 8.42 Å². The van der Waals surface area contributed by atoms with Crippen molar-refractivity contribution in [3.8, 4) is 5.75 Å². The lowest BCUT2D eigenvalue weighted by atomic mass is 10.1. The molecule has 0 aliphatic rings. The topological polar surface area (TPSA) is 96.0 Å². The maximum atomic E-state index is 14.0. The van der Waals surface area contributed by atoms with E-state index >= 15 is 0 Å². The highest BCUT2D eigenvalue weighted by atomic mass is 35.5. The molecule has 0 aliphatic heterocycles. The zero-order chi connectivity index (χ0) is 28.6. The molecular weight excluding hydrogens is 558 g/mol. The molecule has 0 spiro atoms. The molecule has 0 radical (unpaired) electrons. The highest BCUT2D eigenvalue weighted by molar-refractivity contribution is 7.98. The Morgan fingerprint density at radius 1 is 1.03 bits per heavy atom. The number of likely N-dealkylation sites (N-methyl/N-ethyl adjacent to an activating group) is 1. The molecule has 208 valence electrons. The highest BCUT2D eigenvalue weighted by Crippen LogP contribution is 2.33. The van der Waals surface area contributed by atoms with Gasteiger partial charge in [0.1, 0.15) is 18.3 Å². The van der Waals surface area contributed by atoms with Crippen molar-refractivity contribution < 1.29 is 22.7 Å². The lowest BCUT2D eigenvalue weighted by molar-refractivity contribution is -0.139. The van der Waals surface area contributed by atoms with Gasteiger partial charge < -0.3 is 15.0 Å². The predicted molar refractivity (Wildman–Crippen MR) is 156 cm³/mol. The van der Waals surface area contributed by atoms with E-state index in [2.05, 4.69) is 5.32 Å². The van der Waals surface area contributed by atoms with Gasteiger partial charge >= 0.3 is 0 Å². The molecular formula is C28H32ClN3O5S2. The molecule has 3 aromatic carbocycles. The van der Waals surface area contributed by atoms with Crippen LogP contribution >= 0.6 is 23.4 Å². The van der Waals surface area contributed by atoms with E-state index < -0.39 is 34.4 Å². The number of nitrogens with zero attached hydrogens (tertiary/aromatic N) is 2. The van der Waals surface area contributed by atoms with Crippen molar-refractivity contribution >= 4 is 50.9 Å². The summed E-state index contributed by atoms with van der Waals surface area (Å²) >= 11 is 7.85. The summed E-state index contributed by atoms with van der Waals surface area (Å²) in [5, 5.41) is 2.99. The largest absolute Gasteiger partial charge is 0.492 e. The Balaban J connectivity index is 2.10. The second-order valence-electron chi connectivity index (χ2n) is 8.49. The molecule has 1 atom stereocenters. The van der Waals surface area contributed by atoms with Crippen molar-refractivity contribution in [2.24, 2.45) is 0 Å². The summed E-state index contributed by atoms with van der Waals surface area (Å²) < 4.78 is 34.8. The Labute approximate surface area is 239 Å². The number of sulfonamides is 1. The van der Waals surface area contributed by atoms with E-state index in [0.29, 0.717) is 22.9 Å². The van der Waals surface area contributed by atoms with Crippen molar-refractivity contribution in [2.75, 3.05) is 30.8 Å². The van der Waals surface area contributed by atoms with Crippen LogP contribution in [-0.2, 0) is 26.2 Å². The summed E-state index contributed by atoms with van der Waals surface area (Å²) in [5.41, 5.74) is 0.840. The molecule has 0 heterocycles. The van der Waals surface area contributed by atoms with Crippen LogP contribution in [0.5, 0.6) is 5.75 Å². The second-order valence-corrected chi connectivity index (χ2v) is 11.6. The van der Waals surface area contributed by atoms with Crippen LogP contribution < -0.4 is 14.4 Å². The van der Waals surface area contributed by atoms with Crippen LogP contribution in [0.2, 0.25) is 5.02 Å². The van der Waals surface area contributed by atoms with Crippen molar-refractivity contribution in [3.05, 3.63) is 83.4 Å². The first-order chi connectivity index (χ1) is 18.6. The first-order valence-corrected chi connectivity index (χ1v) is 15.3. The molecule has 0 saturated heterocycles. The van der Waals surface area contributed by atoms with Crippen LogP contribution in [0.3, 0.4) is 0 Å². The summed E-state index contributed by atoms with van der Waals surface area (Å²) in [6, 6.07) is 19.2. The number of hydrogen-bond donors (Lipinski definition) is 1. The quantitative estimate of drug-likeness (QED) is 0.304. The van der Waals surface area contributed by atoms with Gasteiger partial charge in [-0.2, -0.15) is 0 Å². The monoisotopic (exact) mass is 589 g/mol. The Morgan fingerprint density at radius 2 is 1.67 bits per heavy atom. The van der Waals surface area contributed by atoms with Crippen LogP contribution in [0.15, 0.2) is 82.6 Å². The minimum Gasteiger partial charge on any atom is -0.492 e. The summed E-state index contributed by atoms with van der Waals surface area (Å²) in [5.74, 6) is -0.664. The third kappa shape index (κ3) is 7.26. The molecule has 3 aromatic rings. The molecule has 39 heavy (non-hydrogen) atoms. The van der Waals surface area contributed by atoms with Gasteiger partial charge in [-0.05, 0) is 68.1 Å². The Morgan fingerprint density at radius 3 is 2.28 bits per heavy atom. The molecule has 3 rings (SSSR count). The number of para-hydroxylation sites is 2. The predicted octanol–water partition coefficient (Wildman–Crippen LogP) is 4.82. The van der Waals surface area contributed by atoms with E-state index in [4.69, 9.17) is 16.3 Å². The molecule has 1 N–H and O–H groups in total. The fourth-order valence-corrected chi connectivity index (χ4v) is 5.96. The molecule has 0 fully saturated rings. The molecule has 0 bridgehead atoms. The SMILES string of the molecule is CCOc1ccccc1N(CC(=O)N(Cc1ccccc1Cl)C(C)C(=O)NC)S(=O)(=O)c1ccc(SC)cc1. The molecule has 2 amide bonds.